The first-order valence-corrected chi connectivity index (χ1v) is 14.4. The highest BCUT2D eigenvalue weighted by Crippen LogP contribution is 2.31. The molecule has 5 rings (SSSR count). The van der Waals surface area contributed by atoms with E-state index >= 15 is 0 Å². The second kappa shape index (κ2) is 11.6. The van der Waals surface area contributed by atoms with Crippen molar-refractivity contribution in [2.45, 2.75) is 24.9 Å². The lowest BCUT2D eigenvalue weighted by Gasteiger charge is -2.26. The van der Waals surface area contributed by atoms with Gasteiger partial charge in [-0.1, -0.05) is 0 Å². The van der Waals surface area contributed by atoms with Crippen molar-refractivity contribution in [1.29, 1.82) is 0 Å². The molecule has 2 atom stereocenters. The number of rotatable bonds is 8. The molecule has 18 heteroatoms. The molecular weight excluding hydrogens is 588 g/mol. The van der Waals surface area contributed by atoms with Crippen LogP contribution in [0.2, 0.25) is 0 Å². The Kier molecular flexibility index (Phi) is 8.23. The number of pyridine rings is 1. The van der Waals surface area contributed by atoms with E-state index in [4.69, 9.17) is 15.2 Å². The summed E-state index contributed by atoms with van der Waals surface area (Å²) in [6, 6.07) is 1.90. The molecule has 0 unspecified atom stereocenters. The second-order valence-corrected chi connectivity index (χ2v) is 11.9. The fraction of sp³-hybridized carbons (Fsp3) is 0.500. The lowest BCUT2D eigenvalue weighted by Crippen LogP contribution is -2.42. The maximum atomic E-state index is 14.7. The molecule has 3 N–H and O–H groups in total. The molecule has 2 aliphatic heterocycles. The number of carbonyl (C=O) groups excluding carboxylic acids is 1. The molecule has 1 amide bonds. The van der Waals surface area contributed by atoms with Crippen LogP contribution < -0.4 is 15.8 Å². The fourth-order valence-electron chi connectivity index (χ4n) is 5.03. The summed E-state index contributed by atoms with van der Waals surface area (Å²) in [6.07, 6.45) is -4.19. The number of hydrogen-bond acceptors (Lipinski definition) is 10. The van der Waals surface area contributed by atoms with E-state index in [1.807, 2.05) is 6.07 Å². The van der Waals surface area contributed by atoms with Gasteiger partial charge in [-0.2, -0.15) is 22.6 Å². The maximum absolute atomic E-state index is 14.7. The predicted molar refractivity (Wildman–Crippen MR) is 141 cm³/mol. The lowest BCUT2D eigenvalue weighted by atomic mass is 10.1. The number of amides is 1. The van der Waals surface area contributed by atoms with Crippen LogP contribution in [0.5, 0.6) is 5.88 Å². The maximum Gasteiger partial charge on any atom is 0.404 e. The lowest BCUT2D eigenvalue weighted by molar-refractivity contribution is -0.107. The highest BCUT2D eigenvalue weighted by molar-refractivity contribution is 7.89. The highest BCUT2D eigenvalue weighted by Gasteiger charge is 2.45. The number of methoxy groups -OCH3 is 1. The number of morpholine rings is 1. The van der Waals surface area contributed by atoms with Crippen LogP contribution in [0.1, 0.15) is 15.9 Å². The number of alkyl halides is 4. The van der Waals surface area contributed by atoms with Crippen LogP contribution >= 0.6 is 0 Å². The number of ether oxygens (including phenoxy) is 2. The topological polar surface area (TPSA) is 157 Å². The monoisotopic (exact) mass is 616 g/mol. The van der Waals surface area contributed by atoms with Gasteiger partial charge in [0.2, 0.25) is 15.9 Å². The molecule has 0 bridgehead atoms. The van der Waals surface area contributed by atoms with Crippen LogP contribution in [0.15, 0.2) is 24.7 Å². The Hall–Kier alpha value is -3.61. The zero-order valence-corrected chi connectivity index (χ0v) is 23.2. The molecule has 2 saturated heterocycles. The van der Waals surface area contributed by atoms with E-state index in [1.54, 1.807) is 4.52 Å². The fourth-order valence-corrected chi connectivity index (χ4v) is 6.38. The number of halogens is 4. The van der Waals surface area contributed by atoms with Gasteiger partial charge in [-0.25, -0.2) is 27.3 Å². The molecule has 3 aromatic rings. The van der Waals surface area contributed by atoms with Crippen molar-refractivity contribution in [2.24, 2.45) is 0 Å². The van der Waals surface area contributed by atoms with Crippen LogP contribution in [0.4, 0.5) is 23.4 Å². The first-order chi connectivity index (χ1) is 19.9. The van der Waals surface area contributed by atoms with Gasteiger partial charge in [0, 0.05) is 44.5 Å². The molecular formula is C24H28F4N8O5S. The van der Waals surface area contributed by atoms with Gasteiger partial charge in [0.1, 0.15) is 23.6 Å². The third kappa shape index (κ3) is 6.25. The van der Waals surface area contributed by atoms with Crippen molar-refractivity contribution in [1.82, 2.24) is 34.1 Å². The van der Waals surface area contributed by atoms with Gasteiger partial charge in [-0.05, 0) is 17.7 Å². The van der Waals surface area contributed by atoms with Gasteiger partial charge >= 0.3 is 6.18 Å². The molecule has 0 aromatic carbocycles. The van der Waals surface area contributed by atoms with Crippen molar-refractivity contribution < 1.29 is 40.2 Å². The van der Waals surface area contributed by atoms with Crippen molar-refractivity contribution in [3.05, 3.63) is 35.8 Å². The molecule has 0 spiro atoms. The van der Waals surface area contributed by atoms with Gasteiger partial charge in [-0.3, -0.25) is 9.69 Å². The zero-order chi connectivity index (χ0) is 30.2. The van der Waals surface area contributed by atoms with Gasteiger partial charge in [0.15, 0.2) is 11.6 Å². The summed E-state index contributed by atoms with van der Waals surface area (Å²) in [5.41, 5.74) is 8.46. The summed E-state index contributed by atoms with van der Waals surface area (Å²) in [7, 11) is -3.55. The van der Waals surface area contributed by atoms with E-state index in [-0.39, 0.29) is 17.3 Å². The largest absolute Gasteiger partial charge is 0.480 e. The molecule has 0 saturated carbocycles. The van der Waals surface area contributed by atoms with E-state index in [0.29, 0.717) is 40.8 Å². The van der Waals surface area contributed by atoms with Crippen LogP contribution in [0.3, 0.4) is 0 Å². The molecule has 228 valence electrons. The average molecular weight is 617 g/mol. The zero-order valence-electron chi connectivity index (χ0n) is 22.3. The van der Waals surface area contributed by atoms with E-state index in [1.165, 1.54) is 25.7 Å². The minimum atomic E-state index is -4.99. The number of hydrogen-bond donors (Lipinski definition) is 2. The Balaban J connectivity index is 1.42. The third-order valence-electron chi connectivity index (χ3n) is 7.02. The molecule has 2 fully saturated rings. The molecule has 3 aromatic heterocycles. The smallest absolute Gasteiger partial charge is 0.404 e. The number of nitrogens with two attached hydrogens (primary N) is 1. The molecule has 5 heterocycles. The number of aromatic nitrogens is 4. The number of sulfonamides is 1. The molecule has 0 aliphatic carbocycles. The standard InChI is InChI=1S/C24H28F4N8O5S/c1-40-23-16(22(37)33-18-11-35(10-17(18)25)42(38,39)12-24(26,27)28)6-14(8-30-23)19-7-15(9-34-2-4-41-5-3-34)20-21(29)31-13-32-36(19)20/h6-8,13,17-18H,2-5,9-12H2,1H3,(H,33,37)(H2,29,31,32)/t17-,18+/m0/s1. The summed E-state index contributed by atoms with van der Waals surface area (Å²) in [6.45, 7) is 1.69. The van der Waals surface area contributed by atoms with Crippen LogP contribution in [0.25, 0.3) is 16.8 Å². The molecule has 42 heavy (non-hydrogen) atoms. The van der Waals surface area contributed by atoms with Gasteiger partial charge in [-0.15, -0.1) is 0 Å². The van der Waals surface area contributed by atoms with Crippen LogP contribution in [-0.2, 0) is 21.3 Å². The Bertz CT molecular complexity index is 1580. The molecule has 0 radical (unpaired) electrons. The van der Waals surface area contributed by atoms with Crippen LogP contribution in [-0.4, -0.2) is 114 Å². The third-order valence-corrected chi connectivity index (χ3v) is 8.79. The summed E-state index contributed by atoms with van der Waals surface area (Å²) in [4.78, 5) is 23.8. The first-order valence-electron chi connectivity index (χ1n) is 12.8. The number of nitrogen functional groups attached to an aromatic ring is 1. The second-order valence-electron chi connectivity index (χ2n) is 9.91. The Morgan fingerprint density at radius 1 is 1.21 bits per heavy atom. The number of nitrogens with one attached hydrogen (secondary N) is 1. The van der Waals surface area contributed by atoms with Gasteiger partial charge in [0.25, 0.3) is 5.91 Å². The number of anilines is 1. The molecule has 13 nitrogen and oxygen atoms in total. The number of fused-ring (bicyclic) bond motifs is 1. The van der Waals surface area contributed by atoms with Gasteiger partial charge < -0.3 is 20.5 Å². The minimum Gasteiger partial charge on any atom is -0.480 e. The van der Waals surface area contributed by atoms with Gasteiger partial charge in [0.05, 0.1) is 32.1 Å². The van der Waals surface area contributed by atoms with E-state index in [2.05, 4.69) is 25.3 Å². The van der Waals surface area contributed by atoms with Crippen molar-refractivity contribution in [2.75, 3.05) is 58.0 Å². The Labute approximate surface area is 237 Å². The Morgan fingerprint density at radius 2 is 1.95 bits per heavy atom. The SMILES string of the molecule is COc1ncc(-c2cc(CN3CCOCC3)c3c(N)ncnn23)cc1C(=O)N[C@@H]1CN(S(=O)(=O)CC(F)(F)F)C[C@@H]1F. The Morgan fingerprint density at radius 3 is 2.64 bits per heavy atom. The number of nitrogens with zero attached hydrogens (tertiary/aromatic N) is 6. The van der Waals surface area contributed by atoms with E-state index in [9.17, 15) is 30.8 Å². The highest BCUT2D eigenvalue weighted by atomic mass is 32.2. The van der Waals surface area contributed by atoms with Crippen molar-refractivity contribution >= 4 is 27.3 Å². The van der Waals surface area contributed by atoms with Crippen LogP contribution in [0, 0.1) is 0 Å². The van der Waals surface area contributed by atoms with Crippen molar-refractivity contribution in [3.8, 4) is 17.1 Å². The van der Waals surface area contributed by atoms with E-state index < -0.39 is 53.2 Å². The normalized spacial score (nSPS) is 20.7. The predicted octanol–water partition coefficient (Wildman–Crippen LogP) is 0.859. The summed E-state index contributed by atoms with van der Waals surface area (Å²) in [5, 5.41) is 6.71. The van der Waals surface area contributed by atoms with Crippen molar-refractivity contribution in [3.63, 3.8) is 0 Å². The molecule has 2 aliphatic rings. The summed E-state index contributed by atoms with van der Waals surface area (Å²) < 4.78 is 89.7. The quantitative estimate of drug-likeness (QED) is 0.348. The summed E-state index contributed by atoms with van der Waals surface area (Å²) in [5.74, 6) is -2.83. The van der Waals surface area contributed by atoms with E-state index in [0.717, 1.165) is 18.7 Å². The average Bonchev–Trinajstić information content (AvgIpc) is 3.49. The summed E-state index contributed by atoms with van der Waals surface area (Å²) >= 11 is 0. The number of carbonyl (C=O) groups is 1. The first kappa shape index (κ1) is 29.9. The minimum absolute atomic E-state index is 0.102.